The monoisotopic (exact) mass is 1510 g/mol. The van der Waals surface area contributed by atoms with Crippen molar-refractivity contribution in [1.29, 1.82) is 0 Å². The van der Waals surface area contributed by atoms with Gasteiger partial charge in [0, 0.05) is 10.8 Å². The maximum Gasteiger partial charge on any atom is 0.312 e. The van der Waals surface area contributed by atoms with Crippen molar-refractivity contribution >= 4 is 35.8 Å². The van der Waals surface area contributed by atoms with Gasteiger partial charge in [-0.3, -0.25) is 28.8 Å². The lowest BCUT2D eigenvalue weighted by molar-refractivity contribution is -0.190. The van der Waals surface area contributed by atoms with E-state index in [0.29, 0.717) is 0 Å². The molecule has 6 fully saturated rings. The molecule has 12 heteroatoms. The van der Waals surface area contributed by atoms with E-state index in [1.165, 1.54) is 44.9 Å². The van der Waals surface area contributed by atoms with Crippen LogP contribution in [0.3, 0.4) is 0 Å². The molecule has 0 aromatic heterocycles. The minimum atomic E-state index is -0.404. The summed E-state index contributed by atoms with van der Waals surface area (Å²) in [4.78, 5) is 73.6. The second kappa shape index (κ2) is 43.7. The molecule has 6 aliphatic rings. The molecule has 0 bridgehead atoms. The summed E-state index contributed by atoms with van der Waals surface area (Å²) in [6.45, 7) is 56.5. The van der Waals surface area contributed by atoms with Crippen molar-refractivity contribution in [2.75, 3.05) is 0 Å². The second-order valence-electron chi connectivity index (χ2n) is 37.8. The van der Waals surface area contributed by atoms with Gasteiger partial charge in [0.05, 0.1) is 32.5 Å². The lowest BCUT2D eigenvalue weighted by atomic mass is 9.68. The minimum Gasteiger partial charge on any atom is -0.458 e. The van der Waals surface area contributed by atoms with Gasteiger partial charge in [-0.1, -0.05) is 198 Å². The van der Waals surface area contributed by atoms with Gasteiger partial charge < -0.3 is 28.4 Å². The van der Waals surface area contributed by atoms with Gasteiger partial charge in [0.2, 0.25) is 0 Å². The summed E-state index contributed by atoms with van der Waals surface area (Å²) in [6.07, 6.45) is 37.6. The van der Waals surface area contributed by atoms with E-state index in [0.717, 1.165) is 178 Å². The van der Waals surface area contributed by atoms with Crippen molar-refractivity contribution < 1.29 is 57.2 Å². The predicted molar refractivity (Wildman–Crippen MR) is 452 cm³/mol. The molecule has 6 aliphatic carbocycles. The number of rotatable bonds is 22. The maximum atomic E-state index is 12.5. The topological polar surface area (TPSA) is 158 Å². The van der Waals surface area contributed by atoms with E-state index < -0.39 is 16.4 Å². The second-order valence-corrected chi connectivity index (χ2v) is 37.8. The SMILES string of the molecule is C.C.C.C=CC1(OC(=O)C(C)(C)CC)CCCC1.C=CC1(OC(=O)C(C)(C)CC)CCCCC1.CCC(C)(C)C(=O)OC1(C(C)(C)C)CCCC1.CCC(C)(C)C(=O)OC1(C(C)(C)C)CCCCC1.CCC(C)(C)C(=O)OC1(c2ccccc2)CCCC1.CCC(C)(C)C(=O)OC1(c2ccccc2)CCCCC1. The highest BCUT2D eigenvalue weighted by Crippen LogP contribution is 2.50. The number of carbonyl (C=O) groups is 6. The summed E-state index contributed by atoms with van der Waals surface area (Å²) in [5.74, 6) is -0.367. The van der Waals surface area contributed by atoms with Crippen molar-refractivity contribution in [2.24, 2.45) is 43.3 Å². The van der Waals surface area contributed by atoms with Crippen LogP contribution in [0.5, 0.6) is 0 Å². The zero-order chi connectivity index (χ0) is 79.7. The molecule has 0 saturated heterocycles. The van der Waals surface area contributed by atoms with Crippen LogP contribution in [-0.4, -0.2) is 58.2 Å². The molecular weight excluding hydrogens is 1350 g/mol. The van der Waals surface area contributed by atoms with Crippen LogP contribution in [-0.2, 0) is 68.4 Å². The molecule has 108 heavy (non-hydrogen) atoms. The summed E-state index contributed by atoms with van der Waals surface area (Å²) >= 11 is 0. The fourth-order valence-electron chi connectivity index (χ4n) is 14.1. The van der Waals surface area contributed by atoms with Crippen molar-refractivity contribution in [3.05, 3.63) is 97.1 Å². The summed E-state index contributed by atoms with van der Waals surface area (Å²) < 4.78 is 35.5. The highest BCUT2D eigenvalue weighted by Gasteiger charge is 2.51. The molecule has 0 spiro atoms. The Balaban J connectivity index is 0.00000127. The molecule has 0 atom stereocenters. The fourth-order valence-corrected chi connectivity index (χ4v) is 14.1. The van der Waals surface area contributed by atoms with Crippen LogP contribution in [0.15, 0.2) is 86.0 Å². The molecule has 6 saturated carbocycles. The van der Waals surface area contributed by atoms with Gasteiger partial charge in [-0.25, -0.2) is 0 Å². The third-order valence-electron chi connectivity index (χ3n) is 25.7. The number of esters is 6. The first-order chi connectivity index (χ1) is 48.7. The van der Waals surface area contributed by atoms with E-state index in [1.54, 1.807) is 0 Å². The van der Waals surface area contributed by atoms with Gasteiger partial charge in [-0.2, -0.15) is 0 Å². The quantitative estimate of drug-likeness (QED) is 0.0625. The molecule has 2 aromatic rings. The van der Waals surface area contributed by atoms with E-state index in [2.05, 4.69) is 79.0 Å². The third kappa shape index (κ3) is 28.4. The first kappa shape index (κ1) is 103. The number of ether oxygens (including phenoxy) is 6. The summed E-state index contributed by atoms with van der Waals surface area (Å²) in [7, 11) is 0. The van der Waals surface area contributed by atoms with E-state index in [-0.39, 0.29) is 119 Å². The van der Waals surface area contributed by atoms with E-state index >= 15 is 0 Å². The normalized spacial score (nSPS) is 19.0. The van der Waals surface area contributed by atoms with Crippen molar-refractivity contribution in [2.45, 2.75) is 434 Å². The fraction of sp³-hybridized carbons (Fsp3) is 0.771. The first-order valence-corrected chi connectivity index (χ1v) is 41.5. The summed E-state index contributed by atoms with van der Waals surface area (Å²) in [5, 5.41) is 0. The minimum absolute atomic E-state index is 0. The molecule has 12 nitrogen and oxygen atoms in total. The highest BCUT2D eigenvalue weighted by atomic mass is 16.6. The van der Waals surface area contributed by atoms with Gasteiger partial charge >= 0.3 is 35.8 Å². The lowest BCUT2D eigenvalue weighted by Crippen LogP contribution is -2.50. The first-order valence-electron chi connectivity index (χ1n) is 41.5. The molecule has 8 rings (SSSR count). The van der Waals surface area contributed by atoms with Gasteiger partial charge in [0.25, 0.3) is 0 Å². The number of hydrogen-bond donors (Lipinski definition) is 0. The molecule has 0 radical (unpaired) electrons. The van der Waals surface area contributed by atoms with Crippen LogP contribution in [0.2, 0.25) is 0 Å². The van der Waals surface area contributed by atoms with Crippen molar-refractivity contribution in [3.63, 3.8) is 0 Å². The molecule has 0 unspecified atom stereocenters. The zero-order valence-corrected chi connectivity index (χ0v) is 71.6. The van der Waals surface area contributed by atoms with Crippen LogP contribution in [0, 0.1) is 43.3 Å². The maximum absolute atomic E-state index is 12.5. The summed E-state index contributed by atoms with van der Waals surface area (Å²) in [5.41, 5.74) is -1.97. The number of hydrogen-bond acceptors (Lipinski definition) is 12. The highest BCUT2D eigenvalue weighted by molar-refractivity contribution is 5.79. The Morgan fingerprint density at radius 1 is 0.287 bits per heavy atom. The average molecular weight is 1510 g/mol. The molecule has 0 N–H and O–H groups in total. The van der Waals surface area contributed by atoms with Crippen LogP contribution in [0.4, 0.5) is 0 Å². The molecule has 0 amide bonds. The smallest absolute Gasteiger partial charge is 0.312 e. The van der Waals surface area contributed by atoms with Crippen molar-refractivity contribution in [1.82, 2.24) is 0 Å². The molecule has 2 aromatic carbocycles. The van der Waals surface area contributed by atoms with Crippen LogP contribution in [0.25, 0.3) is 0 Å². The Kier molecular flexibility index (Phi) is 41.6. The van der Waals surface area contributed by atoms with Crippen LogP contribution < -0.4 is 0 Å². The molecule has 0 aliphatic heterocycles. The third-order valence-corrected chi connectivity index (χ3v) is 25.7. The Morgan fingerprint density at radius 3 is 0.694 bits per heavy atom. The van der Waals surface area contributed by atoms with Gasteiger partial charge in [-0.15, -0.1) is 0 Å². The molecule has 622 valence electrons. The van der Waals surface area contributed by atoms with Gasteiger partial charge in [0.1, 0.15) is 33.6 Å². The van der Waals surface area contributed by atoms with Crippen molar-refractivity contribution in [3.8, 4) is 0 Å². The Morgan fingerprint density at radius 2 is 0.472 bits per heavy atom. The molecular formula is C96H166O12. The van der Waals surface area contributed by atoms with Gasteiger partial charge in [0.15, 0.2) is 0 Å². The van der Waals surface area contributed by atoms with Gasteiger partial charge in [-0.05, 0) is 299 Å². The largest absolute Gasteiger partial charge is 0.458 e. The van der Waals surface area contributed by atoms with E-state index in [4.69, 9.17) is 28.4 Å². The standard InChI is InChI=1S/C18H26O2.C17H24O2.C16H30O2.C15H28O2.C14H24O2.C13H22O2.3CH4/c1-4-17(2,3)16(19)20-18(13-9-6-10-14-18)15-11-7-5-8-12-15;1-4-16(2,3)15(18)19-17(12-8-9-13-17)14-10-6-5-7-11-14;1-7-15(5,6)13(17)18-16(14(2,3)4)11-9-8-10-12-16;1-7-14(5,6)12(16)17-15(13(2,3)4)10-8-9-11-15;1-5-13(3,4)12(15)16-14(6-2)10-8-7-9-11-14;1-5-12(3,4)11(14)15-13(6-2)9-7-8-10-13;;;/h5,7-8,11-12H,4,6,9-10,13-14H2,1-3H3;5-7,10-11H,4,8-9,12-13H2,1-3H3;7-12H2,1-6H3;7-11H2,1-6H3;6H,2,5,7-11H2,1,3-4H3;6H,2,5,7-10H2,1,3-4H3;3*1H4. The lowest BCUT2D eigenvalue weighted by Gasteiger charge is -2.47. The molecule has 0 heterocycles. The number of benzene rings is 2. The van der Waals surface area contributed by atoms with E-state index in [9.17, 15) is 28.8 Å². The average Bonchev–Trinajstić information content (AvgIpc) is 1.27. The predicted octanol–water partition coefficient (Wildman–Crippen LogP) is 27.5. The number of carbonyl (C=O) groups excluding carboxylic acids is 6. The Labute approximate surface area is 663 Å². The Hall–Kier alpha value is -5.26. The van der Waals surface area contributed by atoms with E-state index in [1.807, 2.05) is 173 Å². The van der Waals surface area contributed by atoms with Crippen LogP contribution in [0.1, 0.15) is 411 Å². The van der Waals surface area contributed by atoms with Crippen LogP contribution >= 0.6 is 0 Å². The zero-order valence-electron chi connectivity index (χ0n) is 71.6. The Bertz CT molecular complexity index is 2980. The summed E-state index contributed by atoms with van der Waals surface area (Å²) in [6, 6.07) is 20.5.